The third-order valence-electron chi connectivity index (χ3n) is 4.80. The van der Waals surface area contributed by atoms with Crippen molar-refractivity contribution in [2.75, 3.05) is 10.6 Å². The largest absolute Gasteiger partial charge is 0.324 e. The van der Waals surface area contributed by atoms with Crippen LogP contribution in [0.4, 0.5) is 27.7 Å². The molecular formula is C21H21FN6O2S. The highest BCUT2D eigenvalue weighted by atomic mass is 32.2. The first-order valence-corrected chi connectivity index (χ1v) is 11.1. The fourth-order valence-electron chi connectivity index (χ4n) is 3.06. The lowest BCUT2D eigenvalue weighted by Crippen LogP contribution is -2.15. The molecule has 0 aliphatic carbocycles. The van der Waals surface area contributed by atoms with Crippen LogP contribution in [0.3, 0.4) is 0 Å². The number of H-pyrrole nitrogens is 1. The second-order valence-electron chi connectivity index (χ2n) is 7.35. The Hall–Kier alpha value is -3.53. The highest BCUT2D eigenvalue weighted by Crippen LogP contribution is 2.27. The quantitative estimate of drug-likeness (QED) is 0.405. The molecule has 0 radical (unpaired) electrons. The van der Waals surface area contributed by atoms with Crippen LogP contribution in [0, 0.1) is 12.7 Å². The van der Waals surface area contributed by atoms with E-state index in [1.807, 2.05) is 0 Å². The Labute approximate surface area is 178 Å². The number of halogens is 1. The minimum absolute atomic E-state index is 0.270. The van der Waals surface area contributed by atoms with Gasteiger partial charge in [-0.25, -0.2) is 17.8 Å². The van der Waals surface area contributed by atoms with Gasteiger partial charge < -0.3 is 10.6 Å². The average Bonchev–Trinajstić information content (AvgIpc) is 3.11. The van der Waals surface area contributed by atoms with Gasteiger partial charge in [0.25, 0.3) is 0 Å². The van der Waals surface area contributed by atoms with Crippen molar-refractivity contribution in [3.8, 4) is 0 Å². The molecule has 0 fully saturated rings. The highest BCUT2D eigenvalue weighted by molar-refractivity contribution is 7.92. The smallest absolute Gasteiger partial charge is 0.229 e. The second-order valence-corrected chi connectivity index (χ2v) is 9.82. The average molecular weight is 441 g/mol. The third-order valence-corrected chi connectivity index (χ3v) is 7.09. The summed E-state index contributed by atoms with van der Waals surface area (Å²) in [5, 5.41) is 13.1. The summed E-state index contributed by atoms with van der Waals surface area (Å²) in [6.07, 6.45) is 1.55. The predicted octanol–water partition coefficient (Wildman–Crippen LogP) is 4.47. The van der Waals surface area contributed by atoms with E-state index < -0.39 is 15.1 Å². The molecular weight excluding hydrogens is 419 g/mol. The van der Waals surface area contributed by atoms with Gasteiger partial charge in [-0.1, -0.05) is 6.07 Å². The van der Waals surface area contributed by atoms with Crippen LogP contribution in [0.5, 0.6) is 0 Å². The van der Waals surface area contributed by atoms with Crippen LogP contribution in [-0.2, 0) is 9.84 Å². The van der Waals surface area contributed by atoms with Crippen LogP contribution in [0.1, 0.15) is 19.4 Å². The number of benzene rings is 2. The molecule has 10 heteroatoms. The van der Waals surface area contributed by atoms with E-state index in [2.05, 4.69) is 30.8 Å². The number of aryl methyl sites for hydroxylation is 1. The van der Waals surface area contributed by atoms with Crippen LogP contribution in [0.25, 0.3) is 10.9 Å². The fourth-order valence-corrected chi connectivity index (χ4v) is 4.37. The maximum absolute atomic E-state index is 13.6. The molecule has 2 aromatic heterocycles. The van der Waals surface area contributed by atoms with Crippen molar-refractivity contribution in [3.05, 3.63) is 60.0 Å². The van der Waals surface area contributed by atoms with Crippen LogP contribution >= 0.6 is 0 Å². The lowest BCUT2D eigenvalue weighted by atomic mass is 10.2. The first kappa shape index (κ1) is 20.7. The molecule has 4 rings (SSSR count). The number of rotatable bonds is 6. The minimum atomic E-state index is -3.42. The highest BCUT2D eigenvalue weighted by Gasteiger charge is 2.21. The summed E-state index contributed by atoms with van der Waals surface area (Å²) in [7, 11) is -3.42. The van der Waals surface area contributed by atoms with Crippen molar-refractivity contribution in [3.63, 3.8) is 0 Å². The molecule has 0 spiro atoms. The molecule has 0 saturated heterocycles. The monoisotopic (exact) mass is 440 g/mol. The van der Waals surface area contributed by atoms with E-state index in [1.165, 1.54) is 12.1 Å². The fraction of sp³-hybridized carbons (Fsp3) is 0.190. The first-order valence-electron chi connectivity index (χ1n) is 9.59. The molecule has 0 atom stereocenters. The van der Waals surface area contributed by atoms with Crippen molar-refractivity contribution in [2.45, 2.75) is 30.9 Å². The summed E-state index contributed by atoms with van der Waals surface area (Å²) in [6, 6.07) is 11.1. The van der Waals surface area contributed by atoms with Gasteiger partial charge in [-0.3, -0.25) is 5.10 Å². The summed E-state index contributed by atoms with van der Waals surface area (Å²) in [4.78, 5) is 8.85. The maximum Gasteiger partial charge on any atom is 0.229 e. The van der Waals surface area contributed by atoms with E-state index in [9.17, 15) is 12.8 Å². The molecule has 160 valence electrons. The Kier molecular flexibility index (Phi) is 5.32. The van der Waals surface area contributed by atoms with E-state index in [4.69, 9.17) is 0 Å². The van der Waals surface area contributed by atoms with Gasteiger partial charge in [-0.2, -0.15) is 10.1 Å². The first-order chi connectivity index (χ1) is 14.7. The van der Waals surface area contributed by atoms with Gasteiger partial charge in [0.2, 0.25) is 5.95 Å². The molecule has 0 aliphatic heterocycles. The topological polar surface area (TPSA) is 113 Å². The molecule has 4 aromatic rings. The van der Waals surface area contributed by atoms with Gasteiger partial charge >= 0.3 is 0 Å². The Balaban J connectivity index is 1.60. The van der Waals surface area contributed by atoms with E-state index in [1.54, 1.807) is 57.3 Å². The summed E-state index contributed by atoms with van der Waals surface area (Å²) in [5.74, 6) is 0.776. The zero-order chi connectivity index (χ0) is 22.2. The number of fused-ring (bicyclic) bond motifs is 1. The number of aromatic amines is 1. The summed E-state index contributed by atoms with van der Waals surface area (Å²) in [6.45, 7) is 5.06. The van der Waals surface area contributed by atoms with Gasteiger partial charge in [0.1, 0.15) is 11.6 Å². The van der Waals surface area contributed by atoms with Gasteiger partial charge in [0.15, 0.2) is 15.7 Å². The molecule has 0 aliphatic rings. The van der Waals surface area contributed by atoms with Crippen LogP contribution in [0.15, 0.2) is 53.6 Å². The lowest BCUT2D eigenvalue weighted by molar-refractivity contribution is 0.587. The summed E-state index contributed by atoms with van der Waals surface area (Å²) < 4.78 is 38.8. The Morgan fingerprint density at radius 3 is 2.65 bits per heavy atom. The Morgan fingerprint density at radius 1 is 1.06 bits per heavy atom. The number of aromatic nitrogens is 4. The minimum Gasteiger partial charge on any atom is -0.324 e. The molecule has 2 heterocycles. The molecule has 0 saturated carbocycles. The van der Waals surface area contributed by atoms with E-state index >= 15 is 0 Å². The maximum atomic E-state index is 13.6. The number of hydrogen-bond donors (Lipinski definition) is 3. The third kappa shape index (κ3) is 4.19. The second kappa shape index (κ2) is 7.95. The molecule has 8 nitrogen and oxygen atoms in total. The Bertz CT molecular complexity index is 1370. The van der Waals surface area contributed by atoms with Crippen molar-refractivity contribution in [2.24, 2.45) is 0 Å². The van der Waals surface area contributed by atoms with Crippen LogP contribution in [-0.4, -0.2) is 33.8 Å². The molecule has 2 aromatic carbocycles. The molecule has 0 bridgehead atoms. The van der Waals surface area contributed by atoms with Gasteiger partial charge in [-0.15, -0.1) is 0 Å². The van der Waals surface area contributed by atoms with Crippen molar-refractivity contribution < 1.29 is 12.8 Å². The predicted molar refractivity (Wildman–Crippen MR) is 118 cm³/mol. The summed E-state index contributed by atoms with van der Waals surface area (Å²) in [5.41, 5.74) is 1.91. The van der Waals surface area contributed by atoms with Gasteiger partial charge in [0.05, 0.1) is 15.7 Å². The standard InChI is InChI=1S/C21H21FN6O2S/c1-12(2)31(29,30)18-11-15(6-4-13(18)3)24-21-23-9-8-19(26-21)25-20-16-10-14(22)5-7-17(16)27-28-20/h4-12H,1-3H3,(H3,23,24,25,26,27,28). The summed E-state index contributed by atoms with van der Waals surface area (Å²) >= 11 is 0. The molecule has 0 amide bonds. The molecule has 0 unspecified atom stereocenters. The zero-order valence-electron chi connectivity index (χ0n) is 17.1. The number of sulfone groups is 1. The van der Waals surface area contributed by atoms with Gasteiger partial charge in [0, 0.05) is 17.3 Å². The number of hydrogen-bond acceptors (Lipinski definition) is 7. The van der Waals surface area contributed by atoms with E-state index in [0.717, 1.165) is 0 Å². The normalized spacial score (nSPS) is 11.8. The van der Waals surface area contributed by atoms with Crippen molar-refractivity contribution in [1.29, 1.82) is 0 Å². The lowest BCUT2D eigenvalue weighted by Gasteiger charge is -2.13. The van der Waals surface area contributed by atoms with Crippen molar-refractivity contribution in [1.82, 2.24) is 20.2 Å². The number of nitrogens with one attached hydrogen (secondary N) is 3. The molecule has 31 heavy (non-hydrogen) atoms. The van der Waals surface area contributed by atoms with Crippen LogP contribution in [0.2, 0.25) is 0 Å². The number of nitrogens with zero attached hydrogens (tertiary/aromatic N) is 3. The zero-order valence-corrected chi connectivity index (χ0v) is 18.0. The number of anilines is 4. The van der Waals surface area contributed by atoms with E-state index in [-0.39, 0.29) is 16.7 Å². The Morgan fingerprint density at radius 2 is 1.87 bits per heavy atom. The van der Waals surface area contributed by atoms with Crippen LogP contribution < -0.4 is 10.6 Å². The van der Waals surface area contributed by atoms with Gasteiger partial charge in [-0.05, 0) is 62.7 Å². The molecule has 3 N–H and O–H groups in total. The van der Waals surface area contributed by atoms with Crippen molar-refractivity contribution >= 4 is 44.0 Å². The SMILES string of the molecule is Cc1ccc(Nc2nccc(Nc3n[nH]c4ccc(F)cc34)n2)cc1S(=O)(=O)C(C)C. The van der Waals surface area contributed by atoms with E-state index in [0.29, 0.717) is 33.8 Å².